The van der Waals surface area contributed by atoms with Crippen molar-refractivity contribution in [2.45, 2.75) is 39.7 Å². The number of carbonyl (C=O) groups excluding carboxylic acids is 3. The monoisotopic (exact) mass is 356 g/mol. The quantitative estimate of drug-likeness (QED) is 0.165. The molecule has 0 bridgehead atoms. The van der Waals surface area contributed by atoms with Crippen molar-refractivity contribution in [1.82, 2.24) is 0 Å². The Kier molecular flexibility index (Phi) is 17.8. The topological polar surface area (TPSA) is 91.4 Å². The molecular formula is C18H28O7. The molecule has 0 aliphatic carbocycles. The van der Waals surface area contributed by atoms with Gasteiger partial charge in [-0.1, -0.05) is 32.6 Å². The number of hydrogen-bond donors (Lipinski definition) is 0. The smallest absolute Gasteiger partial charge is 0.330 e. The van der Waals surface area contributed by atoms with E-state index in [1.807, 2.05) is 6.92 Å². The third kappa shape index (κ3) is 24.0. The number of allylic oxidation sites excluding steroid dienone is 1. The van der Waals surface area contributed by atoms with Gasteiger partial charge in [-0.15, -0.1) is 0 Å². The molecule has 1 saturated heterocycles. The van der Waals surface area contributed by atoms with Gasteiger partial charge in [-0.25, -0.2) is 9.59 Å². The lowest BCUT2D eigenvalue weighted by Gasteiger charge is -1.97. The van der Waals surface area contributed by atoms with E-state index in [9.17, 15) is 14.4 Å². The van der Waals surface area contributed by atoms with E-state index in [1.165, 1.54) is 19.1 Å². The minimum absolute atomic E-state index is 0.161. The number of rotatable bonds is 8. The molecule has 142 valence electrons. The highest BCUT2D eigenvalue weighted by Crippen LogP contribution is 2.08. The third-order valence-electron chi connectivity index (χ3n) is 2.27. The highest BCUT2D eigenvalue weighted by atomic mass is 16.6. The van der Waals surface area contributed by atoms with E-state index >= 15 is 0 Å². The Balaban J connectivity index is 0. The number of unbranched alkanes of at least 4 members (excludes halogenated alkanes) is 1. The van der Waals surface area contributed by atoms with Crippen LogP contribution in [0.1, 0.15) is 33.6 Å². The van der Waals surface area contributed by atoms with Crippen LogP contribution in [0, 0.1) is 0 Å². The predicted octanol–water partition coefficient (Wildman–Crippen LogP) is 2.71. The van der Waals surface area contributed by atoms with Crippen molar-refractivity contribution in [1.29, 1.82) is 0 Å². The van der Waals surface area contributed by atoms with E-state index in [0.717, 1.165) is 25.7 Å². The Labute approximate surface area is 149 Å². The summed E-state index contributed by atoms with van der Waals surface area (Å²) in [5, 5.41) is 0. The van der Waals surface area contributed by atoms with Gasteiger partial charge < -0.3 is 18.9 Å². The lowest BCUT2D eigenvalue weighted by atomic mass is 10.4. The zero-order valence-corrected chi connectivity index (χ0v) is 15.2. The van der Waals surface area contributed by atoms with Gasteiger partial charge in [0, 0.05) is 19.1 Å². The summed E-state index contributed by atoms with van der Waals surface area (Å²) in [4.78, 5) is 30.7. The van der Waals surface area contributed by atoms with Crippen molar-refractivity contribution in [2.24, 2.45) is 0 Å². The zero-order valence-electron chi connectivity index (χ0n) is 15.2. The molecule has 1 aliphatic heterocycles. The summed E-state index contributed by atoms with van der Waals surface area (Å²) in [5.74, 6) is -0.952. The number of ether oxygens (including phenoxy) is 4. The van der Waals surface area contributed by atoms with Gasteiger partial charge in [0.25, 0.3) is 0 Å². The van der Waals surface area contributed by atoms with Gasteiger partial charge in [0.1, 0.15) is 12.7 Å². The minimum Gasteiger partial charge on any atom is -0.463 e. The maximum absolute atomic E-state index is 10.6. The van der Waals surface area contributed by atoms with Crippen LogP contribution < -0.4 is 0 Å². The fraction of sp³-hybridized carbons (Fsp3) is 0.500. The Bertz CT molecular complexity index is 437. The second-order valence-electron chi connectivity index (χ2n) is 4.59. The van der Waals surface area contributed by atoms with E-state index in [4.69, 9.17) is 9.47 Å². The maximum atomic E-state index is 10.6. The summed E-state index contributed by atoms with van der Waals surface area (Å²) in [6.45, 7) is 13.2. The SMILES string of the molecule is C/C=C/C(=O)OCC1CO1.C=CC(=O)OCCCC.C=COC(C)=O. The molecule has 1 aliphatic rings. The molecule has 1 atom stereocenters. The predicted molar refractivity (Wildman–Crippen MR) is 93.5 cm³/mol. The van der Waals surface area contributed by atoms with Crippen LogP contribution in [0.5, 0.6) is 0 Å². The second-order valence-corrected chi connectivity index (χ2v) is 4.59. The normalized spacial score (nSPS) is 14.0. The maximum Gasteiger partial charge on any atom is 0.330 e. The zero-order chi connectivity index (χ0) is 19.5. The minimum atomic E-state index is -0.330. The molecule has 0 aromatic carbocycles. The summed E-state index contributed by atoms with van der Waals surface area (Å²) in [6.07, 6.45) is 7.45. The fourth-order valence-corrected chi connectivity index (χ4v) is 1.02. The highest BCUT2D eigenvalue weighted by molar-refractivity contribution is 5.81. The Hall–Kier alpha value is -2.41. The van der Waals surface area contributed by atoms with Crippen LogP contribution in [0.4, 0.5) is 0 Å². The first-order chi connectivity index (χ1) is 11.9. The fourth-order valence-electron chi connectivity index (χ4n) is 1.02. The Morgan fingerprint density at radius 1 is 1.20 bits per heavy atom. The van der Waals surface area contributed by atoms with Gasteiger partial charge in [-0.3, -0.25) is 4.79 Å². The average molecular weight is 356 g/mol. The van der Waals surface area contributed by atoms with Crippen LogP contribution in [0.3, 0.4) is 0 Å². The molecule has 0 radical (unpaired) electrons. The van der Waals surface area contributed by atoms with Gasteiger partial charge in [0.2, 0.25) is 0 Å². The summed E-state index contributed by atoms with van der Waals surface area (Å²) < 4.78 is 18.4. The summed E-state index contributed by atoms with van der Waals surface area (Å²) in [7, 11) is 0. The molecule has 1 heterocycles. The summed E-state index contributed by atoms with van der Waals surface area (Å²) in [6, 6.07) is 0. The van der Waals surface area contributed by atoms with E-state index in [1.54, 1.807) is 13.0 Å². The third-order valence-corrected chi connectivity index (χ3v) is 2.27. The van der Waals surface area contributed by atoms with E-state index < -0.39 is 0 Å². The molecule has 25 heavy (non-hydrogen) atoms. The van der Waals surface area contributed by atoms with E-state index in [2.05, 4.69) is 22.6 Å². The van der Waals surface area contributed by atoms with Gasteiger partial charge in [-0.05, 0) is 13.3 Å². The molecule has 0 N–H and O–H groups in total. The standard InChI is InChI=1S/C7H10O3.C7H12O2.C4H6O2/c1-2-3-7(8)10-5-6-4-9-6;1-3-5-6-9-7(8)4-2;1-3-6-4(2)5/h2-3,6H,4-5H2,1H3;4H,2-3,5-6H2,1H3;3H,1H2,2H3/b3-2+;;. The molecule has 1 rings (SSSR count). The molecule has 1 fully saturated rings. The van der Waals surface area contributed by atoms with Crippen molar-refractivity contribution in [3.63, 3.8) is 0 Å². The second kappa shape index (κ2) is 17.9. The van der Waals surface area contributed by atoms with Crippen molar-refractivity contribution >= 4 is 17.9 Å². The van der Waals surface area contributed by atoms with E-state index in [-0.39, 0.29) is 24.0 Å². The van der Waals surface area contributed by atoms with Crippen molar-refractivity contribution in [3.05, 3.63) is 37.6 Å². The van der Waals surface area contributed by atoms with E-state index in [0.29, 0.717) is 13.2 Å². The Morgan fingerprint density at radius 2 is 1.84 bits per heavy atom. The van der Waals surface area contributed by atoms with Gasteiger partial charge >= 0.3 is 17.9 Å². The molecule has 7 nitrogen and oxygen atoms in total. The molecule has 0 spiro atoms. The molecule has 1 unspecified atom stereocenters. The number of carbonyl (C=O) groups is 3. The highest BCUT2D eigenvalue weighted by Gasteiger charge is 2.23. The summed E-state index contributed by atoms with van der Waals surface area (Å²) >= 11 is 0. The molecule has 0 amide bonds. The Morgan fingerprint density at radius 3 is 2.20 bits per heavy atom. The first-order valence-electron chi connectivity index (χ1n) is 7.89. The largest absolute Gasteiger partial charge is 0.463 e. The molecule has 7 heteroatoms. The average Bonchev–Trinajstić information content (AvgIpc) is 3.39. The number of esters is 3. The van der Waals surface area contributed by atoms with Crippen LogP contribution in [0.2, 0.25) is 0 Å². The van der Waals surface area contributed by atoms with Gasteiger partial charge in [0.15, 0.2) is 0 Å². The molecule has 0 aromatic rings. The van der Waals surface area contributed by atoms with Crippen molar-refractivity contribution < 1.29 is 33.3 Å². The molecular weight excluding hydrogens is 328 g/mol. The van der Waals surface area contributed by atoms with Gasteiger partial charge in [0.05, 0.1) is 19.5 Å². The first-order valence-corrected chi connectivity index (χ1v) is 7.89. The van der Waals surface area contributed by atoms with Crippen LogP contribution in [-0.4, -0.2) is 43.8 Å². The number of hydrogen-bond acceptors (Lipinski definition) is 7. The number of epoxide rings is 1. The molecule has 0 saturated carbocycles. The first kappa shape index (κ1) is 24.8. The summed E-state index contributed by atoms with van der Waals surface area (Å²) in [5.41, 5.74) is 0. The van der Waals surface area contributed by atoms with Crippen LogP contribution >= 0.6 is 0 Å². The van der Waals surface area contributed by atoms with Crippen molar-refractivity contribution in [3.8, 4) is 0 Å². The molecule has 0 aromatic heterocycles. The van der Waals surface area contributed by atoms with Crippen LogP contribution in [0.25, 0.3) is 0 Å². The van der Waals surface area contributed by atoms with Crippen LogP contribution in [0.15, 0.2) is 37.6 Å². The van der Waals surface area contributed by atoms with Crippen LogP contribution in [-0.2, 0) is 33.3 Å². The van der Waals surface area contributed by atoms with Crippen molar-refractivity contribution in [2.75, 3.05) is 19.8 Å². The lowest BCUT2D eigenvalue weighted by molar-refractivity contribution is -0.138. The van der Waals surface area contributed by atoms with Gasteiger partial charge in [-0.2, -0.15) is 0 Å². The lowest BCUT2D eigenvalue weighted by Crippen LogP contribution is -2.06.